The number of benzene rings is 2. The van der Waals surface area contributed by atoms with Gasteiger partial charge in [0.15, 0.2) is 0 Å². The quantitative estimate of drug-likeness (QED) is 0.602. The highest BCUT2D eigenvalue weighted by atomic mass is 32.2. The first-order valence-electron chi connectivity index (χ1n) is 10.9. The molecule has 1 N–H and O–H groups in total. The minimum atomic E-state index is -3.53. The Morgan fingerprint density at radius 2 is 1.61 bits per heavy atom. The van der Waals surface area contributed by atoms with Crippen LogP contribution in [-0.2, 0) is 16.6 Å². The zero-order chi connectivity index (χ0) is 23.6. The van der Waals surface area contributed by atoms with E-state index in [9.17, 15) is 13.2 Å². The molecule has 2 heterocycles. The maximum absolute atomic E-state index is 12.8. The number of hydrogen-bond donors (Lipinski definition) is 1. The molecular formula is C24H29N5O3S. The Kier molecular flexibility index (Phi) is 6.64. The van der Waals surface area contributed by atoms with Gasteiger partial charge >= 0.3 is 0 Å². The van der Waals surface area contributed by atoms with Gasteiger partial charge in [0.1, 0.15) is 0 Å². The van der Waals surface area contributed by atoms with Crippen LogP contribution in [0.2, 0.25) is 0 Å². The van der Waals surface area contributed by atoms with E-state index in [2.05, 4.69) is 15.3 Å². The van der Waals surface area contributed by atoms with E-state index >= 15 is 0 Å². The van der Waals surface area contributed by atoms with Crippen LogP contribution in [0, 0.1) is 13.8 Å². The summed E-state index contributed by atoms with van der Waals surface area (Å²) in [5, 5.41) is 7.30. The molecule has 0 aliphatic carbocycles. The van der Waals surface area contributed by atoms with Crippen LogP contribution in [0.4, 0.5) is 5.69 Å². The summed E-state index contributed by atoms with van der Waals surface area (Å²) in [5.41, 5.74) is 4.19. The molecule has 33 heavy (non-hydrogen) atoms. The Bertz CT molecular complexity index is 1230. The lowest BCUT2D eigenvalue weighted by atomic mass is 10.1. The molecule has 1 fully saturated rings. The van der Waals surface area contributed by atoms with Crippen molar-refractivity contribution in [3.05, 3.63) is 77.1 Å². The van der Waals surface area contributed by atoms with E-state index in [4.69, 9.17) is 0 Å². The predicted molar refractivity (Wildman–Crippen MR) is 128 cm³/mol. The van der Waals surface area contributed by atoms with Gasteiger partial charge in [-0.15, -0.1) is 0 Å². The summed E-state index contributed by atoms with van der Waals surface area (Å²) in [5.74, 6) is -0.248. The van der Waals surface area contributed by atoms with E-state index in [1.807, 2.05) is 43.8 Å². The van der Waals surface area contributed by atoms with Crippen LogP contribution in [0.3, 0.4) is 0 Å². The number of hydrogen-bond acceptors (Lipinski definition) is 5. The predicted octanol–water partition coefficient (Wildman–Crippen LogP) is 2.74. The maximum Gasteiger partial charge on any atom is 0.255 e. The molecule has 1 aliphatic rings. The van der Waals surface area contributed by atoms with Crippen molar-refractivity contribution in [1.82, 2.24) is 19.0 Å². The summed E-state index contributed by atoms with van der Waals surface area (Å²) in [6.45, 7) is 7.01. The van der Waals surface area contributed by atoms with Crippen molar-refractivity contribution in [2.75, 3.05) is 38.5 Å². The fourth-order valence-electron chi connectivity index (χ4n) is 3.86. The van der Waals surface area contributed by atoms with E-state index in [0.717, 1.165) is 17.0 Å². The second-order valence-corrected chi connectivity index (χ2v) is 10.4. The van der Waals surface area contributed by atoms with Crippen LogP contribution in [0.1, 0.15) is 27.3 Å². The van der Waals surface area contributed by atoms with Gasteiger partial charge in [-0.3, -0.25) is 9.48 Å². The Labute approximate surface area is 194 Å². The Morgan fingerprint density at radius 1 is 0.970 bits per heavy atom. The minimum Gasteiger partial charge on any atom is -0.322 e. The molecule has 1 aliphatic heterocycles. The summed E-state index contributed by atoms with van der Waals surface area (Å²) < 4.78 is 29.1. The number of rotatable bonds is 6. The lowest BCUT2D eigenvalue weighted by molar-refractivity contribution is 0.102. The van der Waals surface area contributed by atoms with Crippen LogP contribution < -0.4 is 5.32 Å². The molecule has 8 nitrogen and oxygen atoms in total. The smallest absolute Gasteiger partial charge is 0.255 e. The summed E-state index contributed by atoms with van der Waals surface area (Å²) in [6, 6.07) is 15.8. The number of piperazine rings is 1. The van der Waals surface area contributed by atoms with Crippen LogP contribution in [0.15, 0.2) is 59.5 Å². The van der Waals surface area contributed by atoms with Crippen molar-refractivity contribution >= 4 is 21.6 Å². The number of carbonyl (C=O) groups excluding carboxylic acids is 1. The van der Waals surface area contributed by atoms with Gasteiger partial charge in [-0.25, -0.2) is 8.42 Å². The molecule has 9 heteroatoms. The first-order valence-corrected chi connectivity index (χ1v) is 12.4. The molecule has 1 aromatic heterocycles. The van der Waals surface area contributed by atoms with Gasteiger partial charge in [0.05, 0.1) is 17.1 Å². The first-order chi connectivity index (χ1) is 15.7. The summed E-state index contributed by atoms with van der Waals surface area (Å²) in [6.07, 6.45) is 0. The van der Waals surface area contributed by atoms with Gasteiger partial charge < -0.3 is 10.2 Å². The van der Waals surface area contributed by atoms with Gasteiger partial charge in [-0.1, -0.05) is 12.1 Å². The van der Waals surface area contributed by atoms with E-state index in [-0.39, 0.29) is 10.8 Å². The summed E-state index contributed by atoms with van der Waals surface area (Å²) >= 11 is 0. The van der Waals surface area contributed by atoms with Crippen molar-refractivity contribution in [3.63, 3.8) is 0 Å². The number of sulfonamides is 1. The van der Waals surface area contributed by atoms with Crippen molar-refractivity contribution in [3.8, 4) is 0 Å². The highest BCUT2D eigenvalue weighted by Crippen LogP contribution is 2.20. The van der Waals surface area contributed by atoms with Crippen LogP contribution in [-0.4, -0.2) is 66.5 Å². The Balaban J connectivity index is 1.39. The van der Waals surface area contributed by atoms with Gasteiger partial charge in [0.2, 0.25) is 10.0 Å². The number of aryl methyl sites for hydroxylation is 2. The highest BCUT2D eigenvalue weighted by Gasteiger charge is 2.27. The average Bonchev–Trinajstić information content (AvgIpc) is 3.11. The van der Waals surface area contributed by atoms with Crippen molar-refractivity contribution in [2.24, 2.45) is 0 Å². The first kappa shape index (κ1) is 23.2. The Hall–Kier alpha value is -3.01. The lowest BCUT2D eigenvalue weighted by Crippen LogP contribution is -2.46. The average molecular weight is 468 g/mol. The molecular weight excluding hydrogens is 438 g/mol. The second kappa shape index (κ2) is 9.46. The zero-order valence-corrected chi connectivity index (χ0v) is 20.0. The van der Waals surface area contributed by atoms with Gasteiger partial charge in [0.25, 0.3) is 5.91 Å². The molecule has 1 saturated heterocycles. The molecule has 0 saturated carbocycles. The van der Waals surface area contributed by atoms with Gasteiger partial charge in [-0.05, 0) is 68.9 Å². The number of nitrogens with zero attached hydrogens (tertiary/aromatic N) is 4. The largest absolute Gasteiger partial charge is 0.322 e. The highest BCUT2D eigenvalue weighted by molar-refractivity contribution is 7.89. The van der Waals surface area contributed by atoms with E-state index in [1.54, 1.807) is 36.4 Å². The molecule has 2 aromatic carbocycles. The van der Waals surface area contributed by atoms with Crippen LogP contribution in [0.5, 0.6) is 0 Å². The standard InChI is InChI=1S/C24H29N5O3S/c1-18-16-19(2)29(26-18)17-20-4-6-21(7-5-20)24(30)25-22-8-10-23(11-9-22)33(31,32)28-14-12-27(3)13-15-28/h4-11,16H,12-15,17H2,1-3H3,(H,25,30). The third-order valence-electron chi connectivity index (χ3n) is 5.86. The Morgan fingerprint density at radius 3 is 2.18 bits per heavy atom. The fourth-order valence-corrected chi connectivity index (χ4v) is 5.28. The number of carbonyl (C=O) groups is 1. The molecule has 0 radical (unpaired) electrons. The minimum absolute atomic E-state index is 0.235. The molecule has 0 spiro atoms. The molecule has 3 aromatic rings. The maximum atomic E-state index is 12.8. The summed E-state index contributed by atoms with van der Waals surface area (Å²) in [7, 11) is -1.55. The number of amides is 1. The van der Waals surface area contributed by atoms with E-state index < -0.39 is 10.0 Å². The van der Waals surface area contributed by atoms with Crippen molar-refractivity contribution in [1.29, 1.82) is 0 Å². The fraction of sp³-hybridized carbons (Fsp3) is 0.333. The molecule has 174 valence electrons. The molecule has 1 amide bonds. The van der Waals surface area contributed by atoms with Gasteiger partial charge in [-0.2, -0.15) is 9.40 Å². The summed E-state index contributed by atoms with van der Waals surface area (Å²) in [4.78, 5) is 15.0. The number of anilines is 1. The van der Waals surface area contributed by atoms with Crippen molar-refractivity contribution in [2.45, 2.75) is 25.3 Å². The monoisotopic (exact) mass is 467 g/mol. The van der Waals surface area contributed by atoms with Crippen LogP contribution in [0.25, 0.3) is 0 Å². The van der Waals surface area contributed by atoms with E-state index in [1.165, 1.54) is 4.31 Å². The third-order valence-corrected chi connectivity index (χ3v) is 7.78. The number of likely N-dealkylation sites (N-methyl/N-ethyl adjacent to an activating group) is 1. The van der Waals surface area contributed by atoms with Crippen molar-refractivity contribution < 1.29 is 13.2 Å². The zero-order valence-electron chi connectivity index (χ0n) is 19.2. The second-order valence-electron chi connectivity index (χ2n) is 8.47. The van der Waals surface area contributed by atoms with Gasteiger partial charge in [0, 0.05) is 43.1 Å². The number of nitrogens with one attached hydrogen (secondary N) is 1. The molecule has 4 rings (SSSR count). The molecule has 0 atom stereocenters. The normalized spacial score (nSPS) is 15.5. The third kappa shape index (κ3) is 5.32. The lowest BCUT2D eigenvalue weighted by Gasteiger charge is -2.31. The topological polar surface area (TPSA) is 87.5 Å². The molecule has 0 unspecified atom stereocenters. The molecule has 0 bridgehead atoms. The van der Waals surface area contributed by atoms with E-state index in [0.29, 0.717) is 44.0 Å². The van der Waals surface area contributed by atoms with Crippen LogP contribution >= 0.6 is 0 Å². The number of aromatic nitrogens is 2. The SMILES string of the molecule is Cc1cc(C)n(Cc2ccc(C(=O)Nc3ccc(S(=O)(=O)N4CCN(C)CC4)cc3)cc2)n1.